The lowest BCUT2D eigenvalue weighted by molar-refractivity contribution is -0.121. The van der Waals surface area contributed by atoms with E-state index >= 15 is 0 Å². The van der Waals surface area contributed by atoms with Gasteiger partial charge in [0.15, 0.2) is 0 Å². The fourth-order valence-corrected chi connectivity index (χ4v) is 4.00. The molecule has 2 aromatic rings. The lowest BCUT2D eigenvalue weighted by atomic mass is 9.95. The van der Waals surface area contributed by atoms with Gasteiger partial charge in [0.25, 0.3) is 5.91 Å². The molecular formula is C23H28N4O5S. The largest absolute Gasteiger partial charge is 0.339 e. The third kappa shape index (κ3) is 6.39. The Morgan fingerprint density at radius 2 is 1.42 bits per heavy atom. The molecule has 1 aliphatic heterocycles. The normalized spacial score (nSPS) is 14.7. The van der Waals surface area contributed by atoms with Gasteiger partial charge in [0.05, 0.1) is 4.90 Å². The van der Waals surface area contributed by atoms with Crippen molar-refractivity contribution in [2.24, 2.45) is 17.0 Å². The smallest absolute Gasteiger partial charge is 0.253 e. The van der Waals surface area contributed by atoms with Gasteiger partial charge in [-0.05, 0) is 61.4 Å². The number of likely N-dealkylation sites (tertiary alicyclic amines) is 1. The summed E-state index contributed by atoms with van der Waals surface area (Å²) < 4.78 is 22.7. The lowest BCUT2D eigenvalue weighted by Crippen LogP contribution is -2.41. The van der Waals surface area contributed by atoms with Crippen LogP contribution in [-0.4, -0.2) is 44.1 Å². The number of anilines is 2. The average molecular weight is 473 g/mol. The van der Waals surface area contributed by atoms with E-state index in [9.17, 15) is 22.8 Å². The quantitative estimate of drug-likeness (QED) is 0.593. The summed E-state index contributed by atoms with van der Waals surface area (Å²) in [6.45, 7) is 4.52. The molecule has 0 aromatic heterocycles. The van der Waals surface area contributed by atoms with Gasteiger partial charge in [0.1, 0.15) is 0 Å². The molecule has 3 rings (SSSR count). The zero-order valence-electron chi connectivity index (χ0n) is 18.6. The summed E-state index contributed by atoms with van der Waals surface area (Å²) in [5, 5.41) is 10.7. The van der Waals surface area contributed by atoms with E-state index < -0.39 is 10.0 Å². The van der Waals surface area contributed by atoms with E-state index in [2.05, 4.69) is 10.6 Å². The molecule has 33 heavy (non-hydrogen) atoms. The van der Waals surface area contributed by atoms with E-state index in [1.807, 2.05) is 0 Å². The van der Waals surface area contributed by atoms with Gasteiger partial charge in [-0.25, -0.2) is 13.6 Å². The summed E-state index contributed by atoms with van der Waals surface area (Å²) in [7, 11) is -3.79. The van der Waals surface area contributed by atoms with Crippen LogP contribution in [-0.2, 0) is 19.6 Å². The van der Waals surface area contributed by atoms with Crippen LogP contribution in [0.2, 0.25) is 0 Å². The molecule has 0 radical (unpaired) electrons. The zero-order valence-corrected chi connectivity index (χ0v) is 19.4. The van der Waals surface area contributed by atoms with Gasteiger partial charge in [-0.15, -0.1) is 0 Å². The highest BCUT2D eigenvalue weighted by atomic mass is 32.2. The first-order chi connectivity index (χ1) is 15.5. The fraction of sp³-hybridized carbons (Fsp3) is 0.348. The second-order valence-corrected chi connectivity index (χ2v) is 9.91. The molecule has 0 saturated carbocycles. The molecule has 0 atom stereocenters. The summed E-state index contributed by atoms with van der Waals surface area (Å²) in [6.07, 6.45) is 1.05. The summed E-state index contributed by atoms with van der Waals surface area (Å²) in [4.78, 5) is 38.9. The Kier molecular flexibility index (Phi) is 7.50. The molecule has 4 N–H and O–H groups in total. The molecule has 1 heterocycles. The highest BCUT2D eigenvalue weighted by Gasteiger charge is 2.28. The third-order valence-electron chi connectivity index (χ3n) is 5.53. The van der Waals surface area contributed by atoms with Crippen molar-refractivity contribution in [2.45, 2.75) is 31.6 Å². The van der Waals surface area contributed by atoms with E-state index in [1.54, 1.807) is 43.0 Å². The molecule has 1 aliphatic rings. The van der Waals surface area contributed by atoms with Crippen LogP contribution in [0.4, 0.5) is 11.4 Å². The fourth-order valence-electron chi connectivity index (χ4n) is 3.48. The van der Waals surface area contributed by atoms with Gasteiger partial charge >= 0.3 is 0 Å². The van der Waals surface area contributed by atoms with Crippen LogP contribution >= 0.6 is 0 Å². The van der Waals surface area contributed by atoms with Crippen molar-refractivity contribution >= 4 is 39.1 Å². The maximum absolute atomic E-state index is 12.8. The number of hydrogen-bond acceptors (Lipinski definition) is 5. The highest BCUT2D eigenvalue weighted by molar-refractivity contribution is 7.89. The summed E-state index contributed by atoms with van der Waals surface area (Å²) in [5.41, 5.74) is 1.64. The Morgan fingerprint density at radius 1 is 0.909 bits per heavy atom. The number of primary sulfonamides is 1. The third-order valence-corrected chi connectivity index (χ3v) is 6.46. The first-order valence-electron chi connectivity index (χ1n) is 10.7. The number of nitrogens with two attached hydrogens (primary N) is 1. The topological polar surface area (TPSA) is 139 Å². The summed E-state index contributed by atoms with van der Waals surface area (Å²) >= 11 is 0. The van der Waals surface area contributed by atoms with E-state index in [-0.39, 0.29) is 34.5 Å². The van der Waals surface area contributed by atoms with Gasteiger partial charge in [0, 0.05) is 41.9 Å². The predicted molar refractivity (Wildman–Crippen MR) is 125 cm³/mol. The molecular weight excluding hydrogens is 444 g/mol. The number of amides is 3. The number of rotatable bonds is 6. The number of nitrogens with zero attached hydrogens (tertiary/aromatic N) is 1. The monoisotopic (exact) mass is 472 g/mol. The minimum Gasteiger partial charge on any atom is -0.339 e. The molecule has 0 bridgehead atoms. The number of carbonyl (C=O) groups is 3. The van der Waals surface area contributed by atoms with E-state index in [0.717, 1.165) is 0 Å². The van der Waals surface area contributed by atoms with Gasteiger partial charge < -0.3 is 15.5 Å². The van der Waals surface area contributed by atoms with Crippen molar-refractivity contribution in [1.82, 2.24) is 4.90 Å². The Morgan fingerprint density at radius 3 is 1.94 bits per heavy atom. The van der Waals surface area contributed by atoms with Crippen molar-refractivity contribution < 1.29 is 22.8 Å². The highest BCUT2D eigenvalue weighted by Crippen LogP contribution is 2.22. The molecule has 0 aliphatic carbocycles. The van der Waals surface area contributed by atoms with Crippen LogP contribution in [0.1, 0.15) is 37.0 Å². The Hall–Kier alpha value is -3.24. The van der Waals surface area contributed by atoms with Gasteiger partial charge in [0.2, 0.25) is 21.8 Å². The Balaban J connectivity index is 1.52. The summed E-state index contributed by atoms with van der Waals surface area (Å²) in [6, 6.07) is 12.4. The molecule has 0 unspecified atom stereocenters. The van der Waals surface area contributed by atoms with Gasteiger partial charge in [-0.1, -0.05) is 13.8 Å². The number of benzene rings is 2. The first-order valence-corrected chi connectivity index (χ1v) is 12.2. The maximum Gasteiger partial charge on any atom is 0.253 e. The second kappa shape index (κ2) is 10.1. The first kappa shape index (κ1) is 24.4. The van der Waals surface area contributed by atoms with Crippen LogP contribution in [0.15, 0.2) is 53.4 Å². The second-order valence-electron chi connectivity index (χ2n) is 8.35. The number of piperidine rings is 1. The maximum atomic E-state index is 12.8. The summed E-state index contributed by atoms with van der Waals surface area (Å²) in [5.74, 6) is -0.758. The number of sulfonamides is 1. The van der Waals surface area contributed by atoms with Gasteiger partial charge in [-0.3, -0.25) is 14.4 Å². The standard InChI is InChI=1S/C23H28N4O5S/c1-15(2)21(28)25-18-5-3-17(4-6-18)23(30)27-13-11-16(12-14-27)22(29)26-19-7-9-20(10-8-19)33(24,31)32/h3-10,15-16H,11-14H2,1-2H3,(H,25,28)(H,26,29)(H2,24,31,32). The van der Waals surface area contributed by atoms with Crippen LogP contribution in [0, 0.1) is 11.8 Å². The molecule has 10 heteroatoms. The lowest BCUT2D eigenvalue weighted by Gasteiger charge is -2.31. The molecule has 3 amide bonds. The van der Waals surface area contributed by atoms with E-state index in [4.69, 9.17) is 5.14 Å². The SMILES string of the molecule is CC(C)C(=O)Nc1ccc(C(=O)N2CCC(C(=O)Nc3ccc(S(N)(=O)=O)cc3)CC2)cc1. The molecule has 1 saturated heterocycles. The average Bonchev–Trinajstić information content (AvgIpc) is 2.79. The van der Waals surface area contributed by atoms with Gasteiger partial charge in [-0.2, -0.15) is 0 Å². The molecule has 176 valence electrons. The van der Waals surface area contributed by atoms with Crippen molar-refractivity contribution in [1.29, 1.82) is 0 Å². The number of nitrogens with one attached hydrogen (secondary N) is 2. The van der Waals surface area contributed by atoms with Crippen LogP contribution in [0.25, 0.3) is 0 Å². The van der Waals surface area contributed by atoms with E-state index in [1.165, 1.54) is 24.3 Å². The Bertz CT molecular complexity index is 1120. The van der Waals surface area contributed by atoms with E-state index in [0.29, 0.717) is 42.9 Å². The Labute approximate surface area is 193 Å². The van der Waals surface area contributed by atoms with Crippen LogP contribution < -0.4 is 15.8 Å². The minimum absolute atomic E-state index is 0.0253. The minimum atomic E-state index is -3.79. The molecule has 1 fully saturated rings. The molecule has 2 aromatic carbocycles. The number of carbonyl (C=O) groups excluding carboxylic acids is 3. The van der Waals surface area contributed by atoms with Crippen LogP contribution in [0.3, 0.4) is 0 Å². The molecule has 9 nitrogen and oxygen atoms in total. The van der Waals surface area contributed by atoms with Crippen molar-refractivity contribution in [3.8, 4) is 0 Å². The van der Waals surface area contributed by atoms with Crippen molar-refractivity contribution in [2.75, 3.05) is 23.7 Å². The van der Waals surface area contributed by atoms with Crippen LogP contribution in [0.5, 0.6) is 0 Å². The number of hydrogen-bond donors (Lipinski definition) is 3. The predicted octanol–water partition coefficient (Wildman–Crippen LogP) is 2.42. The van der Waals surface area contributed by atoms with Crippen molar-refractivity contribution in [3.05, 3.63) is 54.1 Å². The van der Waals surface area contributed by atoms with Crippen molar-refractivity contribution in [3.63, 3.8) is 0 Å². The molecule has 0 spiro atoms. The zero-order chi connectivity index (χ0) is 24.2.